The van der Waals surface area contributed by atoms with Crippen molar-refractivity contribution in [1.82, 2.24) is 5.32 Å². The van der Waals surface area contributed by atoms with Gasteiger partial charge in [0.15, 0.2) is 0 Å². The van der Waals surface area contributed by atoms with Gasteiger partial charge >= 0.3 is 5.97 Å². The number of nitrogens with two attached hydrogens (primary N) is 1. The molecule has 0 aliphatic carbocycles. The minimum absolute atomic E-state index is 0.395. The van der Waals surface area contributed by atoms with Crippen molar-refractivity contribution in [2.24, 2.45) is 5.73 Å². The van der Waals surface area contributed by atoms with Gasteiger partial charge in [-0.15, -0.1) is 0 Å². The molecule has 0 saturated carbocycles. The predicted octanol–water partition coefficient (Wildman–Crippen LogP) is 1.05. The van der Waals surface area contributed by atoms with Gasteiger partial charge in [-0.05, 0) is 32.4 Å². The molecule has 0 fully saturated rings. The van der Waals surface area contributed by atoms with E-state index in [9.17, 15) is 4.79 Å². The van der Waals surface area contributed by atoms with E-state index in [4.69, 9.17) is 20.7 Å². The average molecular weight is 262 g/mol. The van der Waals surface area contributed by atoms with Gasteiger partial charge in [0.1, 0.15) is 6.04 Å². The first-order valence-corrected chi connectivity index (χ1v) is 6.31. The first-order chi connectivity index (χ1) is 8.45. The standard InChI is InChI=1S/C10H22N2O2.C2H4O2/c1-2-3-8-12-9(10(13)14)6-4-5-7-11;1-2(3)4/h9,12H,2-8,11H2,1H3,(H,13,14);1H3,(H,3,4)/t9-;/m0./s1. The normalized spacial score (nSPS) is 11.3. The van der Waals surface area contributed by atoms with Crippen LogP contribution in [0.5, 0.6) is 0 Å². The van der Waals surface area contributed by atoms with E-state index in [-0.39, 0.29) is 0 Å². The fourth-order valence-electron chi connectivity index (χ4n) is 1.26. The molecule has 6 heteroatoms. The van der Waals surface area contributed by atoms with Gasteiger partial charge in [0.2, 0.25) is 0 Å². The van der Waals surface area contributed by atoms with Crippen molar-refractivity contribution in [2.75, 3.05) is 13.1 Å². The quantitative estimate of drug-likeness (QED) is 0.462. The van der Waals surface area contributed by atoms with Crippen LogP contribution in [0.3, 0.4) is 0 Å². The molecule has 0 aliphatic heterocycles. The lowest BCUT2D eigenvalue weighted by molar-refractivity contribution is -0.139. The molecule has 0 aromatic rings. The fraction of sp³-hybridized carbons (Fsp3) is 0.833. The SMILES string of the molecule is CC(=O)O.CCCCN[C@@H](CCCCN)C(=O)O. The Morgan fingerprint density at radius 1 is 1.22 bits per heavy atom. The van der Waals surface area contributed by atoms with E-state index < -0.39 is 18.0 Å². The summed E-state index contributed by atoms with van der Waals surface area (Å²) >= 11 is 0. The molecule has 0 unspecified atom stereocenters. The van der Waals surface area contributed by atoms with Gasteiger partial charge in [0.25, 0.3) is 5.97 Å². The predicted molar refractivity (Wildman–Crippen MR) is 70.5 cm³/mol. The van der Waals surface area contributed by atoms with Crippen LogP contribution in [-0.2, 0) is 9.59 Å². The van der Waals surface area contributed by atoms with Crippen LogP contribution in [0, 0.1) is 0 Å². The lowest BCUT2D eigenvalue weighted by Crippen LogP contribution is -2.37. The maximum atomic E-state index is 10.8. The lowest BCUT2D eigenvalue weighted by atomic mass is 10.1. The summed E-state index contributed by atoms with van der Waals surface area (Å²) in [6, 6.07) is -0.395. The summed E-state index contributed by atoms with van der Waals surface area (Å²) in [5, 5.41) is 19.3. The number of hydrogen-bond acceptors (Lipinski definition) is 4. The Labute approximate surface area is 109 Å². The molecule has 108 valence electrons. The smallest absolute Gasteiger partial charge is 0.320 e. The van der Waals surface area contributed by atoms with Gasteiger partial charge < -0.3 is 21.3 Å². The Bertz CT molecular complexity index is 208. The van der Waals surface area contributed by atoms with Gasteiger partial charge in [-0.3, -0.25) is 9.59 Å². The second kappa shape index (κ2) is 13.9. The highest BCUT2D eigenvalue weighted by Gasteiger charge is 2.14. The van der Waals surface area contributed by atoms with Crippen molar-refractivity contribution in [3.63, 3.8) is 0 Å². The third kappa shape index (κ3) is 17.3. The van der Waals surface area contributed by atoms with Crippen molar-refractivity contribution < 1.29 is 19.8 Å². The van der Waals surface area contributed by atoms with Gasteiger partial charge in [-0.2, -0.15) is 0 Å². The van der Waals surface area contributed by atoms with Gasteiger partial charge in [-0.25, -0.2) is 0 Å². The maximum absolute atomic E-state index is 10.8. The highest BCUT2D eigenvalue weighted by atomic mass is 16.4. The third-order valence-corrected chi connectivity index (χ3v) is 2.17. The summed E-state index contributed by atoms with van der Waals surface area (Å²) in [7, 11) is 0. The van der Waals surface area contributed by atoms with E-state index >= 15 is 0 Å². The second-order valence-electron chi connectivity index (χ2n) is 4.00. The molecule has 0 aliphatic rings. The summed E-state index contributed by atoms with van der Waals surface area (Å²) in [6.07, 6.45) is 4.57. The van der Waals surface area contributed by atoms with E-state index in [1.165, 1.54) is 0 Å². The lowest BCUT2D eigenvalue weighted by Gasteiger charge is -2.13. The summed E-state index contributed by atoms with van der Waals surface area (Å²) in [5.41, 5.74) is 5.34. The monoisotopic (exact) mass is 262 g/mol. The highest BCUT2D eigenvalue weighted by Crippen LogP contribution is 2.01. The van der Waals surface area contributed by atoms with E-state index in [2.05, 4.69) is 12.2 Å². The van der Waals surface area contributed by atoms with Gasteiger partial charge in [-0.1, -0.05) is 19.8 Å². The average Bonchev–Trinajstić information content (AvgIpc) is 2.26. The van der Waals surface area contributed by atoms with Gasteiger partial charge in [0, 0.05) is 6.92 Å². The fourth-order valence-corrected chi connectivity index (χ4v) is 1.26. The summed E-state index contributed by atoms with van der Waals surface area (Å²) in [6.45, 7) is 4.60. The number of aliphatic carboxylic acids is 2. The molecule has 0 saturated heterocycles. The highest BCUT2D eigenvalue weighted by molar-refractivity contribution is 5.73. The van der Waals surface area contributed by atoms with Crippen molar-refractivity contribution in [1.29, 1.82) is 0 Å². The van der Waals surface area contributed by atoms with Crippen molar-refractivity contribution >= 4 is 11.9 Å². The number of hydrogen-bond donors (Lipinski definition) is 4. The molecule has 18 heavy (non-hydrogen) atoms. The van der Waals surface area contributed by atoms with Crippen molar-refractivity contribution in [2.45, 2.75) is 52.0 Å². The number of carbonyl (C=O) groups is 2. The Kier molecular flexibility index (Phi) is 14.9. The van der Waals surface area contributed by atoms with Crippen molar-refractivity contribution in [3.8, 4) is 0 Å². The number of nitrogens with one attached hydrogen (secondary N) is 1. The number of carboxylic acids is 2. The molecule has 0 amide bonds. The summed E-state index contributed by atoms with van der Waals surface area (Å²) < 4.78 is 0. The zero-order chi connectivity index (χ0) is 14.4. The molecule has 0 aromatic heterocycles. The maximum Gasteiger partial charge on any atom is 0.320 e. The number of unbranched alkanes of at least 4 members (excludes halogenated alkanes) is 2. The van der Waals surface area contributed by atoms with Crippen LogP contribution in [0.15, 0.2) is 0 Å². The van der Waals surface area contributed by atoms with E-state index in [0.29, 0.717) is 13.0 Å². The number of rotatable bonds is 9. The molecular formula is C12H26N2O4. The zero-order valence-electron chi connectivity index (χ0n) is 11.3. The molecule has 6 nitrogen and oxygen atoms in total. The molecule has 1 atom stereocenters. The summed E-state index contributed by atoms with van der Waals surface area (Å²) in [4.78, 5) is 19.8. The van der Waals surface area contributed by atoms with E-state index in [1.807, 2.05) is 0 Å². The Morgan fingerprint density at radius 2 is 1.78 bits per heavy atom. The molecule has 0 spiro atoms. The third-order valence-electron chi connectivity index (χ3n) is 2.17. The Balaban J connectivity index is 0. The number of carboxylic acid groups (broad SMARTS) is 2. The van der Waals surface area contributed by atoms with Crippen LogP contribution < -0.4 is 11.1 Å². The van der Waals surface area contributed by atoms with Crippen LogP contribution in [0.1, 0.15) is 46.0 Å². The van der Waals surface area contributed by atoms with Crippen LogP contribution >= 0.6 is 0 Å². The minimum atomic E-state index is -0.833. The molecular weight excluding hydrogens is 236 g/mol. The largest absolute Gasteiger partial charge is 0.481 e. The Hall–Kier alpha value is -1.14. The zero-order valence-corrected chi connectivity index (χ0v) is 11.3. The van der Waals surface area contributed by atoms with E-state index in [0.717, 1.165) is 39.2 Å². The molecule has 0 rings (SSSR count). The first kappa shape index (κ1) is 19.2. The van der Waals surface area contributed by atoms with Crippen molar-refractivity contribution in [3.05, 3.63) is 0 Å². The molecule has 0 aromatic carbocycles. The van der Waals surface area contributed by atoms with Gasteiger partial charge in [0.05, 0.1) is 0 Å². The minimum Gasteiger partial charge on any atom is -0.481 e. The molecule has 0 bridgehead atoms. The van der Waals surface area contributed by atoms with Crippen LogP contribution in [-0.4, -0.2) is 41.3 Å². The molecule has 0 heterocycles. The van der Waals surface area contributed by atoms with Crippen LogP contribution in [0.4, 0.5) is 0 Å². The molecule has 0 radical (unpaired) electrons. The van der Waals surface area contributed by atoms with E-state index in [1.54, 1.807) is 0 Å². The van der Waals surface area contributed by atoms with Crippen LogP contribution in [0.25, 0.3) is 0 Å². The first-order valence-electron chi connectivity index (χ1n) is 6.31. The summed E-state index contributed by atoms with van der Waals surface area (Å²) in [5.74, 6) is -1.59. The van der Waals surface area contributed by atoms with Crippen LogP contribution in [0.2, 0.25) is 0 Å². The topological polar surface area (TPSA) is 113 Å². The Morgan fingerprint density at radius 3 is 2.17 bits per heavy atom. The molecule has 5 N–H and O–H groups in total. The second-order valence-corrected chi connectivity index (χ2v) is 4.00.